The van der Waals surface area contributed by atoms with Gasteiger partial charge in [-0.15, -0.1) is 0 Å². The standard InChI is InChI=1S/C20H27NO5/c1-5-6-7-8-17(25)21-11-16(24)18(19(21)26)15(23)10-13-9-14(12(2)22)20(13,3)4/h7-8,13-14,23H,5-6,9-11H2,1-4H3/b8-7+,18-15-/t13?,14-/m0/s1. The molecule has 0 bridgehead atoms. The minimum Gasteiger partial charge on any atom is -0.511 e. The molecule has 142 valence electrons. The summed E-state index contributed by atoms with van der Waals surface area (Å²) in [7, 11) is 0. The van der Waals surface area contributed by atoms with Gasteiger partial charge in [0.1, 0.15) is 17.1 Å². The summed E-state index contributed by atoms with van der Waals surface area (Å²) in [6.45, 7) is 7.10. The average Bonchev–Trinajstić information content (AvgIpc) is 2.85. The quantitative estimate of drug-likeness (QED) is 0.446. The van der Waals surface area contributed by atoms with Crippen molar-refractivity contribution in [1.29, 1.82) is 0 Å². The summed E-state index contributed by atoms with van der Waals surface area (Å²) in [4.78, 5) is 49.2. The van der Waals surface area contributed by atoms with Crippen molar-refractivity contribution in [3.63, 3.8) is 0 Å². The third kappa shape index (κ3) is 3.64. The number of amides is 2. The van der Waals surface area contributed by atoms with Gasteiger partial charge >= 0.3 is 0 Å². The number of Topliss-reactive ketones (excluding diaryl/α,β-unsaturated/α-hetero) is 2. The molecule has 2 amide bonds. The van der Waals surface area contributed by atoms with Gasteiger partial charge in [0, 0.05) is 12.3 Å². The molecule has 2 aliphatic rings. The van der Waals surface area contributed by atoms with Crippen molar-refractivity contribution in [2.24, 2.45) is 17.3 Å². The van der Waals surface area contributed by atoms with E-state index >= 15 is 0 Å². The van der Waals surface area contributed by atoms with E-state index in [0.29, 0.717) is 12.8 Å². The Labute approximate surface area is 153 Å². The lowest BCUT2D eigenvalue weighted by Gasteiger charge is -2.51. The molecule has 6 nitrogen and oxygen atoms in total. The van der Waals surface area contributed by atoms with Gasteiger partial charge in [-0.2, -0.15) is 0 Å². The second-order valence-corrected chi connectivity index (χ2v) is 7.79. The number of imide groups is 1. The van der Waals surface area contributed by atoms with Crippen LogP contribution in [0.3, 0.4) is 0 Å². The summed E-state index contributed by atoms with van der Waals surface area (Å²) < 4.78 is 0. The first-order chi connectivity index (χ1) is 12.1. The van der Waals surface area contributed by atoms with E-state index in [2.05, 4.69) is 0 Å². The smallest absolute Gasteiger partial charge is 0.268 e. The van der Waals surface area contributed by atoms with Crippen LogP contribution in [0.15, 0.2) is 23.5 Å². The van der Waals surface area contributed by atoms with Crippen LogP contribution in [0.1, 0.15) is 53.4 Å². The van der Waals surface area contributed by atoms with E-state index in [1.807, 2.05) is 20.8 Å². The maximum absolute atomic E-state index is 12.4. The molecule has 1 N–H and O–H groups in total. The Hall–Kier alpha value is -2.24. The third-order valence-electron chi connectivity index (χ3n) is 5.71. The molecule has 2 fully saturated rings. The van der Waals surface area contributed by atoms with Gasteiger partial charge < -0.3 is 5.11 Å². The number of aliphatic hydroxyl groups excluding tert-OH is 1. The highest BCUT2D eigenvalue weighted by Crippen LogP contribution is 2.54. The van der Waals surface area contributed by atoms with Crippen molar-refractivity contribution in [1.82, 2.24) is 4.90 Å². The number of allylic oxidation sites excluding steroid dienone is 2. The van der Waals surface area contributed by atoms with Gasteiger partial charge in [0.05, 0.1) is 6.54 Å². The van der Waals surface area contributed by atoms with Crippen molar-refractivity contribution < 1.29 is 24.3 Å². The van der Waals surface area contributed by atoms with Crippen LogP contribution < -0.4 is 0 Å². The first kappa shape index (κ1) is 20.1. The van der Waals surface area contributed by atoms with Crippen molar-refractivity contribution in [3.05, 3.63) is 23.5 Å². The largest absolute Gasteiger partial charge is 0.511 e. The molecule has 1 saturated heterocycles. The van der Waals surface area contributed by atoms with Crippen molar-refractivity contribution in [2.45, 2.75) is 53.4 Å². The number of rotatable bonds is 6. The second-order valence-electron chi connectivity index (χ2n) is 7.79. The van der Waals surface area contributed by atoms with Gasteiger partial charge in [0.25, 0.3) is 11.8 Å². The van der Waals surface area contributed by atoms with Crippen LogP contribution in [-0.4, -0.2) is 39.9 Å². The molecule has 1 saturated carbocycles. The van der Waals surface area contributed by atoms with Crippen LogP contribution in [0.5, 0.6) is 0 Å². The molecule has 1 heterocycles. The van der Waals surface area contributed by atoms with Gasteiger partial charge in [-0.05, 0) is 37.2 Å². The van der Waals surface area contributed by atoms with Crippen LogP contribution in [0.2, 0.25) is 0 Å². The molecule has 0 aromatic rings. The highest BCUT2D eigenvalue weighted by molar-refractivity contribution is 6.29. The highest BCUT2D eigenvalue weighted by Gasteiger charge is 2.51. The molecular weight excluding hydrogens is 334 g/mol. The third-order valence-corrected chi connectivity index (χ3v) is 5.71. The minimum atomic E-state index is -0.737. The Kier molecular flexibility index (Phi) is 5.84. The van der Waals surface area contributed by atoms with E-state index < -0.39 is 17.6 Å². The molecule has 0 aromatic heterocycles. The maximum atomic E-state index is 12.4. The number of unbranched alkanes of at least 4 members (excludes halogenated alkanes) is 1. The number of carbonyl (C=O) groups is 4. The summed E-state index contributed by atoms with van der Waals surface area (Å²) in [5.41, 5.74) is -0.576. The van der Waals surface area contributed by atoms with Crippen molar-refractivity contribution >= 4 is 23.4 Å². The summed E-state index contributed by atoms with van der Waals surface area (Å²) >= 11 is 0. The normalized spacial score (nSPS) is 27.0. The fourth-order valence-electron chi connectivity index (χ4n) is 3.84. The minimum absolute atomic E-state index is 0.0127. The number of ketones is 2. The molecular formula is C20H27NO5. The first-order valence-corrected chi connectivity index (χ1v) is 9.09. The fraction of sp³-hybridized carbons (Fsp3) is 0.600. The molecule has 1 aliphatic heterocycles. The Morgan fingerprint density at radius 3 is 2.50 bits per heavy atom. The molecule has 0 spiro atoms. The summed E-state index contributed by atoms with van der Waals surface area (Å²) in [6, 6.07) is 0. The Bertz CT molecular complexity index is 701. The molecule has 2 rings (SSSR count). The molecule has 0 aromatic carbocycles. The zero-order valence-electron chi connectivity index (χ0n) is 15.9. The lowest BCUT2D eigenvalue weighted by molar-refractivity contribution is -0.138. The van der Waals surface area contributed by atoms with Gasteiger partial charge in [-0.3, -0.25) is 24.1 Å². The fourth-order valence-corrected chi connectivity index (χ4v) is 3.84. The van der Waals surface area contributed by atoms with Crippen molar-refractivity contribution in [3.8, 4) is 0 Å². The average molecular weight is 361 g/mol. The van der Waals surface area contributed by atoms with Crippen molar-refractivity contribution in [2.75, 3.05) is 6.54 Å². The monoisotopic (exact) mass is 361 g/mol. The molecule has 1 aliphatic carbocycles. The van der Waals surface area contributed by atoms with Gasteiger partial charge in [0.15, 0.2) is 5.78 Å². The van der Waals surface area contributed by atoms with Crippen LogP contribution >= 0.6 is 0 Å². The van der Waals surface area contributed by atoms with E-state index in [4.69, 9.17) is 0 Å². The maximum Gasteiger partial charge on any atom is 0.268 e. The van der Waals surface area contributed by atoms with E-state index in [1.54, 1.807) is 13.0 Å². The Morgan fingerprint density at radius 2 is 1.96 bits per heavy atom. The van der Waals surface area contributed by atoms with E-state index in [9.17, 15) is 24.3 Å². The predicted octanol–water partition coefficient (Wildman–Crippen LogP) is 2.73. The molecule has 6 heteroatoms. The zero-order chi connectivity index (χ0) is 19.6. The number of nitrogens with zero attached hydrogens (tertiary/aromatic N) is 1. The molecule has 2 atom stereocenters. The van der Waals surface area contributed by atoms with Crippen LogP contribution in [0.4, 0.5) is 0 Å². The number of likely N-dealkylation sites (tertiary alicyclic amines) is 1. The van der Waals surface area contributed by atoms with Crippen LogP contribution in [0.25, 0.3) is 0 Å². The second kappa shape index (κ2) is 7.56. The highest BCUT2D eigenvalue weighted by atomic mass is 16.3. The molecule has 1 unspecified atom stereocenters. The van der Waals surface area contributed by atoms with E-state index in [-0.39, 0.29) is 47.3 Å². The number of hydrogen-bond donors (Lipinski definition) is 1. The van der Waals surface area contributed by atoms with E-state index in [0.717, 1.165) is 11.3 Å². The molecule has 0 radical (unpaired) electrons. The van der Waals surface area contributed by atoms with E-state index in [1.165, 1.54) is 6.08 Å². The van der Waals surface area contributed by atoms with Gasteiger partial charge in [0.2, 0.25) is 0 Å². The number of aliphatic hydroxyl groups is 1. The SMILES string of the molecule is CCC/C=C/C(=O)N1CC(=O)/C(=C(/O)CC2C[C@@H](C(C)=O)C2(C)C)C1=O. The first-order valence-electron chi connectivity index (χ1n) is 9.09. The predicted molar refractivity (Wildman–Crippen MR) is 96.1 cm³/mol. The Balaban J connectivity index is 2.12. The lowest BCUT2D eigenvalue weighted by atomic mass is 9.52. The van der Waals surface area contributed by atoms with Crippen LogP contribution in [0, 0.1) is 17.3 Å². The Morgan fingerprint density at radius 1 is 1.31 bits per heavy atom. The molecule has 26 heavy (non-hydrogen) atoms. The zero-order valence-corrected chi connectivity index (χ0v) is 15.9. The van der Waals surface area contributed by atoms with Gasteiger partial charge in [-0.1, -0.05) is 33.3 Å². The van der Waals surface area contributed by atoms with Gasteiger partial charge in [-0.25, -0.2) is 0 Å². The number of hydrogen-bond acceptors (Lipinski definition) is 5. The summed E-state index contributed by atoms with van der Waals surface area (Å²) in [6.07, 6.45) is 5.34. The summed E-state index contributed by atoms with van der Waals surface area (Å²) in [5, 5.41) is 10.4. The topological polar surface area (TPSA) is 91.8 Å². The lowest BCUT2D eigenvalue weighted by Crippen LogP contribution is -2.48. The summed E-state index contributed by atoms with van der Waals surface area (Å²) in [5.74, 6) is -2.03. The number of carbonyl (C=O) groups excluding carboxylic acids is 4. The van der Waals surface area contributed by atoms with Crippen LogP contribution in [-0.2, 0) is 19.2 Å².